The zero-order chi connectivity index (χ0) is 19.5. The van der Waals surface area contributed by atoms with Crippen LogP contribution in [0.15, 0.2) is 54.6 Å². The van der Waals surface area contributed by atoms with E-state index in [-0.39, 0.29) is 12.7 Å². The summed E-state index contributed by atoms with van der Waals surface area (Å²) in [5.74, 6) is 1.28. The van der Waals surface area contributed by atoms with Gasteiger partial charge in [-0.3, -0.25) is 4.79 Å². The molecule has 1 aliphatic rings. The molecule has 3 aromatic rings. The van der Waals surface area contributed by atoms with E-state index in [2.05, 4.69) is 10.4 Å². The highest BCUT2D eigenvalue weighted by molar-refractivity contribution is 5.92. The van der Waals surface area contributed by atoms with Crippen molar-refractivity contribution in [2.45, 2.75) is 20.4 Å². The minimum Gasteiger partial charge on any atom is -0.454 e. The maximum Gasteiger partial charge on any atom is 0.244 e. The minimum atomic E-state index is -0.163. The van der Waals surface area contributed by atoms with Crippen LogP contribution in [0.5, 0.6) is 11.5 Å². The average Bonchev–Trinajstić information content (AvgIpc) is 3.29. The molecule has 0 fully saturated rings. The van der Waals surface area contributed by atoms with E-state index in [0.29, 0.717) is 12.3 Å². The van der Waals surface area contributed by atoms with Gasteiger partial charge in [0.25, 0.3) is 0 Å². The predicted octanol–water partition coefficient (Wildman–Crippen LogP) is 3.55. The molecule has 0 unspecified atom stereocenters. The highest BCUT2D eigenvalue weighted by atomic mass is 16.7. The molecule has 0 bridgehead atoms. The van der Waals surface area contributed by atoms with Crippen molar-refractivity contribution in [2.24, 2.45) is 0 Å². The average molecular weight is 375 g/mol. The fraction of sp³-hybridized carbons (Fsp3) is 0.182. The van der Waals surface area contributed by atoms with Gasteiger partial charge in [-0.15, -0.1) is 0 Å². The van der Waals surface area contributed by atoms with Gasteiger partial charge in [-0.1, -0.05) is 24.3 Å². The lowest BCUT2D eigenvalue weighted by Gasteiger charge is -2.04. The summed E-state index contributed by atoms with van der Waals surface area (Å²) in [5.41, 5.74) is 4.76. The maximum absolute atomic E-state index is 12.2. The molecule has 0 aliphatic carbocycles. The SMILES string of the molecule is Cc1nn(-c2ccccc2)c(C)c1/C=C/C(=O)NCc1ccc2c(c1)OCO2. The molecule has 28 heavy (non-hydrogen) atoms. The molecular formula is C22H21N3O3. The zero-order valence-electron chi connectivity index (χ0n) is 15.8. The van der Waals surface area contributed by atoms with Crippen molar-refractivity contribution in [1.29, 1.82) is 0 Å². The number of ether oxygens (including phenoxy) is 2. The van der Waals surface area contributed by atoms with Gasteiger partial charge in [0.15, 0.2) is 11.5 Å². The molecule has 0 saturated carbocycles. The molecule has 1 N–H and O–H groups in total. The smallest absolute Gasteiger partial charge is 0.244 e. The van der Waals surface area contributed by atoms with E-state index in [4.69, 9.17) is 9.47 Å². The Bertz CT molecular complexity index is 1040. The molecule has 0 spiro atoms. The quantitative estimate of drug-likeness (QED) is 0.693. The number of amides is 1. The van der Waals surface area contributed by atoms with E-state index >= 15 is 0 Å². The van der Waals surface area contributed by atoms with Gasteiger partial charge < -0.3 is 14.8 Å². The Morgan fingerprint density at radius 3 is 2.75 bits per heavy atom. The number of nitrogens with zero attached hydrogens (tertiary/aromatic N) is 2. The molecule has 6 heteroatoms. The second-order valence-corrected chi connectivity index (χ2v) is 6.57. The van der Waals surface area contributed by atoms with Crippen LogP contribution in [0.4, 0.5) is 0 Å². The van der Waals surface area contributed by atoms with Gasteiger partial charge in [0.2, 0.25) is 12.7 Å². The van der Waals surface area contributed by atoms with E-state index in [0.717, 1.165) is 34.0 Å². The van der Waals surface area contributed by atoms with Crippen molar-refractivity contribution < 1.29 is 14.3 Å². The Labute approximate surface area is 163 Å². The highest BCUT2D eigenvalue weighted by Gasteiger charge is 2.13. The van der Waals surface area contributed by atoms with Crippen molar-refractivity contribution in [1.82, 2.24) is 15.1 Å². The zero-order valence-corrected chi connectivity index (χ0v) is 15.8. The Morgan fingerprint density at radius 1 is 1.14 bits per heavy atom. The number of hydrogen-bond acceptors (Lipinski definition) is 4. The van der Waals surface area contributed by atoms with Gasteiger partial charge >= 0.3 is 0 Å². The summed E-state index contributed by atoms with van der Waals surface area (Å²) in [7, 11) is 0. The number of fused-ring (bicyclic) bond motifs is 1. The second-order valence-electron chi connectivity index (χ2n) is 6.57. The summed E-state index contributed by atoms with van der Waals surface area (Å²) in [5, 5.41) is 7.48. The number of hydrogen-bond donors (Lipinski definition) is 1. The lowest BCUT2D eigenvalue weighted by molar-refractivity contribution is -0.116. The molecular weight excluding hydrogens is 354 g/mol. The van der Waals surface area contributed by atoms with Gasteiger partial charge in [0, 0.05) is 23.9 Å². The summed E-state index contributed by atoms with van der Waals surface area (Å²) in [6.07, 6.45) is 3.35. The molecule has 2 heterocycles. The third-order valence-electron chi connectivity index (χ3n) is 4.65. The number of rotatable bonds is 5. The van der Waals surface area contributed by atoms with Gasteiger partial charge in [0.05, 0.1) is 11.4 Å². The molecule has 0 radical (unpaired) electrons. The van der Waals surface area contributed by atoms with Crippen LogP contribution in [0.1, 0.15) is 22.5 Å². The lowest BCUT2D eigenvalue weighted by atomic mass is 10.1. The fourth-order valence-electron chi connectivity index (χ4n) is 3.17. The topological polar surface area (TPSA) is 65.4 Å². The third-order valence-corrected chi connectivity index (χ3v) is 4.65. The predicted molar refractivity (Wildman–Crippen MR) is 106 cm³/mol. The highest BCUT2D eigenvalue weighted by Crippen LogP contribution is 2.32. The largest absolute Gasteiger partial charge is 0.454 e. The Kier molecular flexibility index (Phi) is 4.85. The first-order valence-corrected chi connectivity index (χ1v) is 9.08. The van der Waals surface area contributed by atoms with E-state index in [1.54, 1.807) is 6.08 Å². The molecule has 142 valence electrons. The number of carbonyl (C=O) groups excluding carboxylic acids is 1. The van der Waals surface area contributed by atoms with Crippen LogP contribution in [0.3, 0.4) is 0 Å². The number of carbonyl (C=O) groups is 1. The number of aromatic nitrogens is 2. The minimum absolute atomic E-state index is 0.163. The molecule has 2 aromatic carbocycles. The van der Waals surface area contributed by atoms with Crippen LogP contribution >= 0.6 is 0 Å². The van der Waals surface area contributed by atoms with Crippen molar-refractivity contribution in [3.05, 3.63) is 77.1 Å². The van der Waals surface area contributed by atoms with Gasteiger partial charge in [-0.25, -0.2) is 4.68 Å². The van der Waals surface area contributed by atoms with Crippen molar-refractivity contribution in [3.8, 4) is 17.2 Å². The van der Waals surface area contributed by atoms with Crippen LogP contribution in [0.2, 0.25) is 0 Å². The normalized spacial score (nSPS) is 12.5. The first kappa shape index (κ1) is 17.9. The van der Waals surface area contributed by atoms with E-state index in [1.165, 1.54) is 0 Å². The van der Waals surface area contributed by atoms with Gasteiger partial charge in [-0.05, 0) is 49.8 Å². The van der Waals surface area contributed by atoms with E-state index in [1.807, 2.05) is 73.1 Å². The second kappa shape index (κ2) is 7.60. The molecule has 1 amide bonds. The van der Waals surface area contributed by atoms with Crippen LogP contribution in [0.25, 0.3) is 11.8 Å². The Hall–Kier alpha value is -3.54. The molecule has 1 aromatic heterocycles. The molecule has 4 rings (SSSR count). The summed E-state index contributed by atoms with van der Waals surface area (Å²) in [4.78, 5) is 12.2. The van der Waals surface area contributed by atoms with Crippen LogP contribution in [-0.4, -0.2) is 22.5 Å². The van der Waals surface area contributed by atoms with E-state index in [9.17, 15) is 4.79 Å². The molecule has 1 aliphatic heterocycles. The van der Waals surface area contributed by atoms with Crippen LogP contribution < -0.4 is 14.8 Å². The number of aryl methyl sites for hydroxylation is 1. The molecule has 0 atom stereocenters. The van der Waals surface area contributed by atoms with Crippen molar-refractivity contribution >= 4 is 12.0 Å². The fourth-order valence-corrected chi connectivity index (χ4v) is 3.17. The number of nitrogens with one attached hydrogen (secondary N) is 1. The first-order chi connectivity index (χ1) is 13.6. The Balaban J connectivity index is 1.43. The maximum atomic E-state index is 12.2. The van der Waals surface area contributed by atoms with Crippen molar-refractivity contribution in [3.63, 3.8) is 0 Å². The third kappa shape index (κ3) is 3.62. The Morgan fingerprint density at radius 2 is 1.93 bits per heavy atom. The first-order valence-electron chi connectivity index (χ1n) is 9.08. The summed E-state index contributed by atoms with van der Waals surface area (Å²) in [6, 6.07) is 15.6. The number of para-hydroxylation sites is 1. The lowest BCUT2D eigenvalue weighted by Crippen LogP contribution is -2.20. The van der Waals surface area contributed by atoms with E-state index < -0.39 is 0 Å². The van der Waals surface area contributed by atoms with Gasteiger partial charge in [0.1, 0.15) is 0 Å². The summed E-state index contributed by atoms with van der Waals surface area (Å²) in [6.45, 7) is 4.60. The summed E-state index contributed by atoms with van der Waals surface area (Å²) < 4.78 is 12.5. The standard InChI is InChI=1S/C22H21N3O3/c1-15-19(16(2)25(24-15)18-6-4-3-5-7-18)9-11-22(26)23-13-17-8-10-20-21(12-17)28-14-27-20/h3-12H,13-14H2,1-2H3,(H,23,26)/b11-9+. The van der Waals surface area contributed by atoms with Crippen LogP contribution in [0, 0.1) is 13.8 Å². The van der Waals surface area contributed by atoms with Crippen LogP contribution in [-0.2, 0) is 11.3 Å². The van der Waals surface area contributed by atoms with Gasteiger partial charge in [-0.2, -0.15) is 5.10 Å². The number of benzene rings is 2. The monoisotopic (exact) mass is 375 g/mol. The molecule has 0 saturated heterocycles. The molecule has 6 nitrogen and oxygen atoms in total. The summed E-state index contributed by atoms with van der Waals surface area (Å²) >= 11 is 0. The van der Waals surface area contributed by atoms with Crippen molar-refractivity contribution in [2.75, 3.05) is 6.79 Å².